The lowest BCUT2D eigenvalue weighted by molar-refractivity contribution is -0.140. The summed E-state index contributed by atoms with van der Waals surface area (Å²) >= 11 is 0. The second-order valence-electron chi connectivity index (χ2n) is 8.93. The van der Waals surface area contributed by atoms with Gasteiger partial charge < -0.3 is 14.7 Å². The van der Waals surface area contributed by atoms with E-state index in [2.05, 4.69) is 0 Å². The van der Waals surface area contributed by atoms with E-state index in [0.717, 1.165) is 5.56 Å². The minimum Gasteiger partial charge on any atom is -0.339 e. The van der Waals surface area contributed by atoms with Gasteiger partial charge in [-0.25, -0.2) is 4.39 Å². The quantitative estimate of drug-likeness (QED) is 0.654. The van der Waals surface area contributed by atoms with E-state index in [1.165, 1.54) is 6.07 Å². The summed E-state index contributed by atoms with van der Waals surface area (Å²) in [7, 11) is 0. The monoisotopic (exact) mass is 463 g/mol. The Balaban J connectivity index is 1.24. The third-order valence-corrected chi connectivity index (χ3v) is 6.67. The molecule has 0 aromatic heterocycles. The second-order valence-corrected chi connectivity index (χ2v) is 8.93. The van der Waals surface area contributed by atoms with Crippen molar-refractivity contribution in [3.8, 4) is 0 Å². The molecule has 2 aromatic carbocycles. The summed E-state index contributed by atoms with van der Waals surface area (Å²) in [6, 6.07) is 14.2. The fraction of sp³-hybridized carbons (Fsp3) is 0.370. The number of piperazine rings is 1. The van der Waals surface area contributed by atoms with Crippen LogP contribution in [0.2, 0.25) is 0 Å². The summed E-state index contributed by atoms with van der Waals surface area (Å²) in [6.07, 6.45) is 4.69. The van der Waals surface area contributed by atoms with Gasteiger partial charge in [-0.1, -0.05) is 36.4 Å². The summed E-state index contributed by atoms with van der Waals surface area (Å²) in [5.74, 6) is -0.633. The molecule has 178 valence electrons. The third-order valence-electron chi connectivity index (χ3n) is 6.67. The maximum atomic E-state index is 13.8. The number of piperidine rings is 1. The van der Waals surface area contributed by atoms with E-state index in [4.69, 9.17) is 0 Å². The molecule has 0 radical (unpaired) electrons. The zero-order valence-corrected chi connectivity index (χ0v) is 19.5. The van der Waals surface area contributed by atoms with E-state index in [-0.39, 0.29) is 29.5 Å². The average Bonchev–Trinajstić information content (AvgIpc) is 2.89. The minimum absolute atomic E-state index is 0.0329. The Morgan fingerprint density at radius 1 is 0.853 bits per heavy atom. The van der Waals surface area contributed by atoms with E-state index in [9.17, 15) is 18.8 Å². The fourth-order valence-corrected chi connectivity index (χ4v) is 4.48. The number of rotatable bonds is 4. The Hall–Kier alpha value is -3.48. The van der Waals surface area contributed by atoms with Gasteiger partial charge in [-0.05, 0) is 49.1 Å². The van der Waals surface area contributed by atoms with Gasteiger partial charge in [-0.3, -0.25) is 14.4 Å². The number of carbonyl (C=O) groups excluding carboxylic acids is 3. The van der Waals surface area contributed by atoms with Crippen LogP contribution in [0.1, 0.15) is 34.3 Å². The van der Waals surface area contributed by atoms with Gasteiger partial charge in [0.1, 0.15) is 5.82 Å². The topological polar surface area (TPSA) is 60.9 Å². The van der Waals surface area contributed by atoms with Gasteiger partial charge in [0.05, 0.1) is 0 Å². The molecule has 0 spiro atoms. The highest BCUT2D eigenvalue weighted by molar-refractivity contribution is 5.94. The first kappa shape index (κ1) is 23.7. The molecule has 0 bridgehead atoms. The van der Waals surface area contributed by atoms with Gasteiger partial charge in [0.25, 0.3) is 5.91 Å². The average molecular weight is 464 g/mol. The fourth-order valence-electron chi connectivity index (χ4n) is 4.48. The van der Waals surface area contributed by atoms with Crippen LogP contribution >= 0.6 is 0 Å². The Kier molecular flexibility index (Phi) is 7.40. The van der Waals surface area contributed by atoms with Crippen molar-refractivity contribution in [3.05, 3.63) is 77.1 Å². The van der Waals surface area contributed by atoms with Crippen molar-refractivity contribution < 1.29 is 18.8 Å². The van der Waals surface area contributed by atoms with Crippen LogP contribution in [-0.4, -0.2) is 71.7 Å². The molecule has 7 heteroatoms. The van der Waals surface area contributed by atoms with Crippen molar-refractivity contribution in [2.24, 2.45) is 5.92 Å². The molecule has 2 aliphatic heterocycles. The highest BCUT2D eigenvalue weighted by Crippen LogP contribution is 2.22. The van der Waals surface area contributed by atoms with Gasteiger partial charge >= 0.3 is 0 Å². The maximum Gasteiger partial charge on any atom is 0.254 e. The number of benzene rings is 2. The molecule has 2 aliphatic rings. The van der Waals surface area contributed by atoms with Crippen LogP contribution < -0.4 is 0 Å². The van der Waals surface area contributed by atoms with Crippen LogP contribution in [0.3, 0.4) is 0 Å². The number of halogens is 1. The lowest BCUT2D eigenvalue weighted by atomic mass is 9.94. The van der Waals surface area contributed by atoms with Gasteiger partial charge in [0.15, 0.2) is 0 Å². The molecule has 0 N–H and O–H groups in total. The molecule has 4 rings (SSSR count). The molecule has 0 saturated carbocycles. The maximum absolute atomic E-state index is 13.8. The first-order valence-corrected chi connectivity index (χ1v) is 11.8. The number of carbonyl (C=O) groups is 3. The lowest BCUT2D eigenvalue weighted by Gasteiger charge is -2.38. The predicted molar refractivity (Wildman–Crippen MR) is 128 cm³/mol. The molecule has 2 fully saturated rings. The molecule has 2 heterocycles. The SMILES string of the molecule is Cc1ccc(C(=O)N2CCN(C(=O)C3CCN(C(=O)/C=C/c4ccccc4)CC3)CC2)cc1F. The number of likely N-dealkylation sites (tertiary alicyclic amines) is 1. The summed E-state index contributed by atoms with van der Waals surface area (Å²) < 4.78 is 13.8. The van der Waals surface area contributed by atoms with Crippen molar-refractivity contribution in [1.82, 2.24) is 14.7 Å². The molecule has 3 amide bonds. The highest BCUT2D eigenvalue weighted by atomic mass is 19.1. The van der Waals surface area contributed by atoms with Gasteiger partial charge in [0, 0.05) is 56.8 Å². The number of hydrogen-bond acceptors (Lipinski definition) is 3. The number of aryl methyl sites for hydroxylation is 1. The molecular weight excluding hydrogens is 433 g/mol. The van der Waals surface area contributed by atoms with E-state index in [0.29, 0.717) is 63.2 Å². The van der Waals surface area contributed by atoms with Crippen LogP contribution in [0.25, 0.3) is 6.08 Å². The van der Waals surface area contributed by atoms with Gasteiger partial charge in [-0.2, -0.15) is 0 Å². The predicted octanol–water partition coefficient (Wildman–Crippen LogP) is 3.37. The highest BCUT2D eigenvalue weighted by Gasteiger charge is 2.32. The number of amides is 3. The van der Waals surface area contributed by atoms with E-state index < -0.39 is 0 Å². The smallest absolute Gasteiger partial charge is 0.254 e. The van der Waals surface area contributed by atoms with Crippen molar-refractivity contribution in [2.45, 2.75) is 19.8 Å². The first-order valence-electron chi connectivity index (χ1n) is 11.8. The molecule has 34 heavy (non-hydrogen) atoms. The first-order chi connectivity index (χ1) is 16.4. The molecule has 2 saturated heterocycles. The minimum atomic E-state index is -0.389. The van der Waals surface area contributed by atoms with Gasteiger partial charge in [0.2, 0.25) is 11.8 Å². The summed E-state index contributed by atoms with van der Waals surface area (Å²) in [5, 5.41) is 0. The Morgan fingerprint density at radius 3 is 2.15 bits per heavy atom. The Labute approximate surface area is 199 Å². The summed E-state index contributed by atoms with van der Waals surface area (Å²) in [4.78, 5) is 43.5. The zero-order chi connectivity index (χ0) is 24.1. The van der Waals surface area contributed by atoms with Crippen LogP contribution in [-0.2, 0) is 9.59 Å². The van der Waals surface area contributed by atoms with E-state index in [1.807, 2.05) is 41.3 Å². The second kappa shape index (κ2) is 10.6. The standard InChI is InChI=1S/C27H30FN3O3/c1-20-7-9-23(19-24(20)28)27(34)31-17-15-30(16-18-31)26(33)22-11-13-29(14-12-22)25(32)10-8-21-5-3-2-4-6-21/h2-10,19,22H,11-18H2,1H3/b10-8+. The summed E-state index contributed by atoms with van der Waals surface area (Å²) in [5.41, 5.74) is 1.82. The normalized spacial score (nSPS) is 17.3. The number of hydrogen-bond donors (Lipinski definition) is 0. The zero-order valence-electron chi connectivity index (χ0n) is 19.5. The van der Waals surface area contributed by atoms with Crippen LogP contribution in [0.4, 0.5) is 4.39 Å². The van der Waals surface area contributed by atoms with Crippen molar-refractivity contribution in [1.29, 1.82) is 0 Å². The van der Waals surface area contributed by atoms with Crippen molar-refractivity contribution >= 4 is 23.8 Å². The van der Waals surface area contributed by atoms with Crippen molar-refractivity contribution in [3.63, 3.8) is 0 Å². The largest absolute Gasteiger partial charge is 0.339 e. The van der Waals surface area contributed by atoms with Crippen molar-refractivity contribution in [2.75, 3.05) is 39.3 Å². The van der Waals surface area contributed by atoms with Gasteiger partial charge in [-0.15, -0.1) is 0 Å². The Bertz CT molecular complexity index is 1070. The van der Waals surface area contributed by atoms with Crippen LogP contribution in [0, 0.1) is 18.7 Å². The van der Waals surface area contributed by atoms with E-state index >= 15 is 0 Å². The lowest BCUT2D eigenvalue weighted by Crippen LogP contribution is -2.53. The molecule has 0 aliphatic carbocycles. The Morgan fingerprint density at radius 2 is 1.50 bits per heavy atom. The molecule has 2 aromatic rings. The molecule has 0 atom stereocenters. The molecule has 0 unspecified atom stereocenters. The molecule has 6 nitrogen and oxygen atoms in total. The summed E-state index contributed by atoms with van der Waals surface area (Å²) in [6.45, 7) is 4.59. The van der Waals surface area contributed by atoms with Crippen LogP contribution in [0.15, 0.2) is 54.6 Å². The van der Waals surface area contributed by atoms with E-state index in [1.54, 1.807) is 34.9 Å². The van der Waals surface area contributed by atoms with Crippen LogP contribution in [0.5, 0.6) is 0 Å². The molecular formula is C27H30FN3O3. The number of nitrogens with zero attached hydrogens (tertiary/aromatic N) is 3. The third kappa shape index (κ3) is 5.53.